The van der Waals surface area contributed by atoms with Gasteiger partial charge in [-0.2, -0.15) is 5.10 Å². The molecule has 0 saturated heterocycles. The Morgan fingerprint density at radius 3 is 2.35 bits per heavy atom. The monoisotopic (exact) mass is 349 g/mol. The molecule has 0 atom stereocenters. The van der Waals surface area contributed by atoms with Crippen LogP contribution in [0.3, 0.4) is 0 Å². The van der Waals surface area contributed by atoms with Crippen molar-refractivity contribution in [3.05, 3.63) is 70.1 Å². The fourth-order valence-electron chi connectivity index (χ4n) is 3.17. The Morgan fingerprint density at radius 2 is 1.69 bits per heavy atom. The zero-order chi connectivity index (χ0) is 18.7. The van der Waals surface area contributed by atoms with Gasteiger partial charge in [-0.15, -0.1) is 0 Å². The van der Waals surface area contributed by atoms with Crippen molar-refractivity contribution in [1.82, 2.24) is 9.78 Å². The van der Waals surface area contributed by atoms with Crippen LogP contribution in [-0.2, 0) is 6.54 Å². The van der Waals surface area contributed by atoms with Crippen LogP contribution in [0.15, 0.2) is 53.3 Å². The van der Waals surface area contributed by atoms with E-state index in [0.29, 0.717) is 29.6 Å². The maximum Gasteiger partial charge on any atom is 0.279 e. The lowest BCUT2D eigenvalue weighted by Crippen LogP contribution is -2.35. The molecule has 0 bridgehead atoms. The van der Waals surface area contributed by atoms with Gasteiger partial charge in [0.1, 0.15) is 0 Å². The van der Waals surface area contributed by atoms with Crippen LogP contribution >= 0.6 is 0 Å². The normalized spacial score (nSPS) is 10.9. The van der Waals surface area contributed by atoms with Gasteiger partial charge < -0.3 is 4.90 Å². The average Bonchev–Trinajstić information content (AvgIpc) is 2.66. The first-order chi connectivity index (χ1) is 12.6. The van der Waals surface area contributed by atoms with E-state index in [2.05, 4.69) is 5.10 Å². The van der Waals surface area contributed by atoms with Gasteiger partial charge in [-0.05, 0) is 38.0 Å². The highest BCUT2D eigenvalue weighted by Gasteiger charge is 2.23. The van der Waals surface area contributed by atoms with Crippen LogP contribution in [0.4, 0.5) is 5.69 Å². The molecule has 0 radical (unpaired) electrons. The molecule has 5 heteroatoms. The number of para-hydroxylation sites is 1. The molecule has 3 aromatic rings. The van der Waals surface area contributed by atoms with Gasteiger partial charge in [-0.1, -0.05) is 43.3 Å². The molecule has 5 nitrogen and oxygen atoms in total. The minimum Gasteiger partial charge on any atom is -0.307 e. The highest BCUT2D eigenvalue weighted by molar-refractivity contribution is 6.12. The van der Waals surface area contributed by atoms with E-state index in [1.807, 2.05) is 57.2 Å². The number of aryl methyl sites for hydroxylation is 2. The molecule has 0 fully saturated rings. The fraction of sp³-hybridized carbons (Fsp3) is 0.286. The Labute approximate surface area is 152 Å². The van der Waals surface area contributed by atoms with Crippen LogP contribution in [0.5, 0.6) is 0 Å². The van der Waals surface area contributed by atoms with Crippen molar-refractivity contribution in [2.24, 2.45) is 0 Å². The van der Waals surface area contributed by atoms with Gasteiger partial charge in [-0.3, -0.25) is 9.59 Å². The third kappa shape index (κ3) is 3.12. The average molecular weight is 349 g/mol. The van der Waals surface area contributed by atoms with Crippen molar-refractivity contribution >= 4 is 22.4 Å². The zero-order valence-corrected chi connectivity index (χ0v) is 15.4. The molecule has 0 aliphatic rings. The standard InChI is InChI=1S/C21H23N3O2/c1-4-14-24-20(25)17-12-8-7-11-16(17)19(22-24)21(26)23(5-2)18-13-9-6-10-15(18)3/h6-13H,4-5,14H2,1-3H3. The molecule has 0 unspecified atom stereocenters. The molecule has 134 valence electrons. The van der Waals surface area contributed by atoms with Gasteiger partial charge >= 0.3 is 0 Å². The first-order valence-corrected chi connectivity index (χ1v) is 8.95. The summed E-state index contributed by atoms with van der Waals surface area (Å²) < 4.78 is 1.40. The van der Waals surface area contributed by atoms with E-state index in [1.54, 1.807) is 17.0 Å². The van der Waals surface area contributed by atoms with Crippen molar-refractivity contribution in [3.8, 4) is 0 Å². The molecule has 1 amide bonds. The molecule has 0 aliphatic carbocycles. The summed E-state index contributed by atoms with van der Waals surface area (Å²) in [6.07, 6.45) is 0.772. The van der Waals surface area contributed by atoms with Gasteiger partial charge in [0.05, 0.1) is 5.39 Å². The molecule has 2 aromatic carbocycles. The molecular weight excluding hydrogens is 326 g/mol. The molecule has 1 heterocycles. The van der Waals surface area contributed by atoms with Crippen LogP contribution in [0.2, 0.25) is 0 Å². The number of rotatable bonds is 5. The predicted octanol–water partition coefficient (Wildman–Crippen LogP) is 3.78. The molecule has 26 heavy (non-hydrogen) atoms. The minimum atomic E-state index is -0.192. The van der Waals surface area contributed by atoms with Crippen LogP contribution in [0, 0.1) is 6.92 Å². The summed E-state index contributed by atoms with van der Waals surface area (Å²) in [6.45, 7) is 6.91. The Balaban J connectivity index is 2.20. The topological polar surface area (TPSA) is 55.2 Å². The maximum absolute atomic E-state index is 13.4. The van der Waals surface area contributed by atoms with Gasteiger partial charge in [0.25, 0.3) is 11.5 Å². The van der Waals surface area contributed by atoms with E-state index in [0.717, 1.165) is 17.7 Å². The summed E-state index contributed by atoms with van der Waals surface area (Å²) in [5, 5.41) is 5.55. The molecular formula is C21H23N3O2. The maximum atomic E-state index is 13.4. The van der Waals surface area contributed by atoms with E-state index in [9.17, 15) is 9.59 Å². The van der Waals surface area contributed by atoms with E-state index in [-0.39, 0.29) is 11.5 Å². The molecule has 0 aliphatic heterocycles. The van der Waals surface area contributed by atoms with Gasteiger partial charge in [-0.25, -0.2) is 4.68 Å². The molecule has 0 saturated carbocycles. The van der Waals surface area contributed by atoms with Crippen LogP contribution < -0.4 is 10.5 Å². The molecule has 0 spiro atoms. The van der Waals surface area contributed by atoms with Crippen molar-refractivity contribution in [1.29, 1.82) is 0 Å². The predicted molar refractivity (Wildman–Crippen MR) is 105 cm³/mol. The summed E-state index contributed by atoms with van der Waals surface area (Å²) in [7, 11) is 0. The number of fused-ring (bicyclic) bond motifs is 1. The second kappa shape index (κ2) is 7.52. The second-order valence-corrected chi connectivity index (χ2v) is 6.26. The third-order valence-electron chi connectivity index (χ3n) is 4.47. The highest BCUT2D eigenvalue weighted by Crippen LogP contribution is 2.23. The van der Waals surface area contributed by atoms with Crippen molar-refractivity contribution in [2.75, 3.05) is 11.4 Å². The Morgan fingerprint density at radius 1 is 1.04 bits per heavy atom. The number of anilines is 1. The van der Waals surface area contributed by atoms with E-state index in [4.69, 9.17) is 0 Å². The fourth-order valence-corrected chi connectivity index (χ4v) is 3.17. The summed E-state index contributed by atoms with van der Waals surface area (Å²) in [5.74, 6) is -0.192. The second-order valence-electron chi connectivity index (χ2n) is 6.26. The summed E-state index contributed by atoms with van der Waals surface area (Å²) in [4.78, 5) is 27.7. The molecule has 3 rings (SSSR count). The quantitative estimate of drug-likeness (QED) is 0.704. The highest BCUT2D eigenvalue weighted by atomic mass is 16.2. The van der Waals surface area contributed by atoms with E-state index in [1.165, 1.54) is 4.68 Å². The van der Waals surface area contributed by atoms with Gasteiger partial charge in [0.15, 0.2) is 5.69 Å². The van der Waals surface area contributed by atoms with Crippen LogP contribution in [0.25, 0.3) is 10.8 Å². The number of hydrogen-bond acceptors (Lipinski definition) is 3. The van der Waals surface area contributed by atoms with Crippen LogP contribution in [-0.4, -0.2) is 22.2 Å². The largest absolute Gasteiger partial charge is 0.307 e. The lowest BCUT2D eigenvalue weighted by atomic mass is 10.1. The third-order valence-corrected chi connectivity index (χ3v) is 4.47. The lowest BCUT2D eigenvalue weighted by molar-refractivity contribution is 0.0983. The Kier molecular flexibility index (Phi) is 5.16. The Hall–Kier alpha value is -2.95. The smallest absolute Gasteiger partial charge is 0.279 e. The molecule has 0 N–H and O–H groups in total. The first-order valence-electron chi connectivity index (χ1n) is 8.95. The number of nitrogens with zero attached hydrogens (tertiary/aromatic N) is 3. The molecule has 1 aromatic heterocycles. The SMILES string of the molecule is CCCn1nc(C(=O)N(CC)c2ccccc2C)c2ccccc2c1=O. The number of carbonyl (C=O) groups is 1. The van der Waals surface area contributed by atoms with Gasteiger partial charge in [0, 0.05) is 24.2 Å². The number of hydrogen-bond donors (Lipinski definition) is 0. The number of carbonyl (C=O) groups excluding carboxylic acids is 1. The minimum absolute atomic E-state index is 0.155. The summed E-state index contributed by atoms with van der Waals surface area (Å²) >= 11 is 0. The van der Waals surface area contributed by atoms with E-state index < -0.39 is 0 Å². The van der Waals surface area contributed by atoms with E-state index >= 15 is 0 Å². The lowest BCUT2D eigenvalue weighted by Gasteiger charge is -2.23. The van der Waals surface area contributed by atoms with Crippen molar-refractivity contribution in [2.45, 2.75) is 33.7 Å². The van der Waals surface area contributed by atoms with Crippen molar-refractivity contribution < 1.29 is 4.79 Å². The summed E-state index contributed by atoms with van der Waals surface area (Å²) in [6, 6.07) is 15.0. The van der Waals surface area contributed by atoms with Crippen LogP contribution in [0.1, 0.15) is 36.3 Å². The number of aromatic nitrogens is 2. The van der Waals surface area contributed by atoms with Crippen molar-refractivity contribution in [3.63, 3.8) is 0 Å². The Bertz CT molecular complexity index is 1010. The first kappa shape index (κ1) is 17.9. The number of amides is 1. The number of benzene rings is 2. The van der Waals surface area contributed by atoms with Gasteiger partial charge in [0.2, 0.25) is 0 Å². The summed E-state index contributed by atoms with van der Waals surface area (Å²) in [5.41, 5.74) is 2.05. The zero-order valence-electron chi connectivity index (χ0n) is 15.4.